The molecule has 0 aliphatic heterocycles. The fourth-order valence-electron chi connectivity index (χ4n) is 4.50. The molecule has 0 saturated heterocycles. The standard InChI is InChI=1S/C29H33N3O5S/c1-20(30-17-28(33)23-8-4-3-5-9-23)13-21-11-12-26-24(14-21)16-27(29(34)35)32(26)18-22-7-6-10-25(15-22)31-19-38(2,36)37/h3-12,14-16,20,28,30-31,33H,13,17-19H2,1-2H3,(H,34,35). The topological polar surface area (TPSA) is 121 Å². The third-order valence-electron chi connectivity index (χ3n) is 6.38. The van der Waals surface area contributed by atoms with E-state index in [2.05, 4.69) is 17.6 Å². The summed E-state index contributed by atoms with van der Waals surface area (Å²) in [4.78, 5) is 12.1. The maximum Gasteiger partial charge on any atom is 0.352 e. The number of aromatic nitrogens is 1. The van der Waals surface area contributed by atoms with E-state index in [1.54, 1.807) is 16.7 Å². The number of nitrogens with one attached hydrogen (secondary N) is 2. The summed E-state index contributed by atoms with van der Waals surface area (Å²) < 4.78 is 24.7. The van der Waals surface area contributed by atoms with Gasteiger partial charge >= 0.3 is 5.97 Å². The van der Waals surface area contributed by atoms with Crippen molar-refractivity contribution in [1.29, 1.82) is 0 Å². The van der Waals surface area contributed by atoms with E-state index in [1.807, 2.05) is 66.7 Å². The summed E-state index contributed by atoms with van der Waals surface area (Å²) in [5.41, 5.74) is 4.43. The molecule has 200 valence electrons. The van der Waals surface area contributed by atoms with E-state index in [-0.39, 0.29) is 17.6 Å². The fraction of sp³-hybridized carbons (Fsp3) is 0.276. The molecule has 4 rings (SSSR count). The number of nitrogens with zero attached hydrogens (tertiary/aromatic N) is 1. The van der Waals surface area contributed by atoms with E-state index in [0.29, 0.717) is 18.8 Å². The van der Waals surface area contributed by atoms with Gasteiger partial charge in [0, 0.05) is 42.0 Å². The number of carbonyl (C=O) groups is 1. The first-order chi connectivity index (χ1) is 18.1. The second-order valence-corrected chi connectivity index (χ2v) is 11.8. The maximum atomic E-state index is 12.1. The molecule has 1 aromatic heterocycles. The molecule has 0 bridgehead atoms. The van der Waals surface area contributed by atoms with Crippen molar-refractivity contribution in [1.82, 2.24) is 9.88 Å². The highest BCUT2D eigenvalue weighted by atomic mass is 32.2. The molecule has 9 heteroatoms. The summed E-state index contributed by atoms with van der Waals surface area (Å²) >= 11 is 0. The summed E-state index contributed by atoms with van der Waals surface area (Å²) in [6, 6.07) is 24.6. The van der Waals surface area contributed by atoms with Gasteiger partial charge in [-0.05, 0) is 60.4 Å². The Labute approximate surface area is 222 Å². The van der Waals surface area contributed by atoms with Gasteiger partial charge in [0.2, 0.25) is 0 Å². The Morgan fingerprint density at radius 1 is 0.974 bits per heavy atom. The van der Waals surface area contributed by atoms with Gasteiger partial charge in [0.15, 0.2) is 9.84 Å². The van der Waals surface area contributed by atoms with E-state index >= 15 is 0 Å². The second-order valence-electron chi connectivity index (χ2n) is 9.70. The number of fused-ring (bicyclic) bond motifs is 1. The molecule has 1 heterocycles. The Bertz CT molecular complexity index is 1520. The molecule has 8 nitrogen and oxygen atoms in total. The van der Waals surface area contributed by atoms with Gasteiger partial charge in [-0.2, -0.15) is 0 Å². The largest absolute Gasteiger partial charge is 0.477 e. The highest BCUT2D eigenvalue weighted by molar-refractivity contribution is 7.90. The zero-order chi connectivity index (χ0) is 27.3. The summed E-state index contributed by atoms with van der Waals surface area (Å²) in [6.07, 6.45) is 1.29. The van der Waals surface area contributed by atoms with E-state index in [0.717, 1.165) is 40.3 Å². The normalized spacial score (nSPS) is 13.3. The molecule has 0 saturated carbocycles. The monoisotopic (exact) mass is 535 g/mol. The first-order valence-corrected chi connectivity index (χ1v) is 14.5. The zero-order valence-electron chi connectivity index (χ0n) is 21.5. The minimum atomic E-state index is -3.18. The number of aliphatic hydroxyl groups is 1. The van der Waals surface area contributed by atoms with Gasteiger partial charge in [-0.15, -0.1) is 0 Å². The average Bonchev–Trinajstić information content (AvgIpc) is 3.24. The number of anilines is 1. The van der Waals surface area contributed by atoms with Crippen LogP contribution >= 0.6 is 0 Å². The van der Waals surface area contributed by atoms with Crippen LogP contribution in [0.5, 0.6) is 0 Å². The van der Waals surface area contributed by atoms with Gasteiger partial charge in [0.25, 0.3) is 0 Å². The molecular weight excluding hydrogens is 502 g/mol. The lowest BCUT2D eigenvalue weighted by Crippen LogP contribution is -2.32. The van der Waals surface area contributed by atoms with Crippen LogP contribution in [0.2, 0.25) is 0 Å². The lowest BCUT2D eigenvalue weighted by molar-refractivity contribution is 0.0686. The van der Waals surface area contributed by atoms with Crippen LogP contribution in [0, 0.1) is 0 Å². The molecule has 0 spiro atoms. The van der Waals surface area contributed by atoms with E-state index in [9.17, 15) is 23.4 Å². The zero-order valence-corrected chi connectivity index (χ0v) is 22.3. The maximum absolute atomic E-state index is 12.1. The van der Waals surface area contributed by atoms with Crippen molar-refractivity contribution in [2.45, 2.75) is 32.0 Å². The predicted octanol–water partition coefficient (Wildman–Crippen LogP) is 4.06. The smallest absolute Gasteiger partial charge is 0.352 e. The molecule has 2 atom stereocenters. The minimum Gasteiger partial charge on any atom is -0.477 e. The van der Waals surface area contributed by atoms with Crippen molar-refractivity contribution in [3.63, 3.8) is 0 Å². The molecule has 0 fully saturated rings. The molecule has 0 aliphatic carbocycles. The molecule has 0 aliphatic rings. The predicted molar refractivity (Wildman–Crippen MR) is 150 cm³/mol. The highest BCUT2D eigenvalue weighted by Crippen LogP contribution is 2.24. The minimum absolute atomic E-state index is 0.106. The number of aliphatic hydroxyl groups excluding tert-OH is 1. The Morgan fingerprint density at radius 3 is 2.45 bits per heavy atom. The van der Waals surface area contributed by atoms with Crippen LogP contribution in [0.15, 0.2) is 78.9 Å². The number of carboxylic acid groups (broad SMARTS) is 1. The van der Waals surface area contributed by atoms with Gasteiger partial charge in [0.1, 0.15) is 11.6 Å². The second kappa shape index (κ2) is 11.8. The van der Waals surface area contributed by atoms with Gasteiger partial charge < -0.3 is 25.4 Å². The van der Waals surface area contributed by atoms with Crippen LogP contribution in [0.3, 0.4) is 0 Å². The Balaban J connectivity index is 1.48. The first kappa shape index (κ1) is 27.4. The summed E-state index contributed by atoms with van der Waals surface area (Å²) in [7, 11) is -3.18. The Morgan fingerprint density at radius 2 is 1.74 bits per heavy atom. The summed E-state index contributed by atoms with van der Waals surface area (Å²) in [5, 5.41) is 27.4. The molecular formula is C29H33N3O5S. The average molecular weight is 536 g/mol. The van der Waals surface area contributed by atoms with E-state index in [1.165, 1.54) is 0 Å². The molecule has 4 aromatic rings. The molecule has 4 N–H and O–H groups in total. The van der Waals surface area contributed by atoms with Gasteiger partial charge in [-0.25, -0.2) is 13.2 Å². The van der Waals surface area contributed by atoms with Crippen LogP contribution in [-0.4, -0.2) is 53.9 Å². The number of sulfone groups is 1. The summed E-state index contributed by atoms with van der Waals surface area (Å²) in [5.74, 6) is -1.19. The number of aromatic carboxylic acids is 1. The van der Waals surface area contributed by atoms with Crippen molar-refractivity contribution in [3.8, 4) is 0 Å². The van der Waals surface area contributed by atoms with Gasteiger partial charge in [-0.1, -0.05) is 48.5 Å². The Kier molecular flexibility index (Phi) is 8.51. The van der Waals surface area contributed by atoms with Crippen molar-refractivity contribution < 1.29 is 23.4 Å². The van der Waals surface area contributed by atoms with Crippen LogP contribution < -0.4 is 10.6 Å². The molecule has 38 heavy (non-hydrogen) atoms. The van der Waals surface area contributed by atoms with Crippen molar-refractivity contribution >= 4 is 32.4 Å². The lowest BCUT2D eigenvalue weighted by atomic mass is 10.0. The molecule has 0 radical (unpaired) electrons. The number of benzene rings is 3. The molecule has 0 amide bonds. The quantitative estimate of drug-likeness (QED) is 0.216. The van der Waals surface area contributed by atoms with Gasteiger partial charge in [0.05, 0.1) is 6.10 Å². The van der Waals surface area contributed by atoms with E-state index < -0.39 is 21.9 Å². The number of rotatable bonds is 12. The Hall–Kier alpha value is -3.66. The van der Waals surface area contributed by atoms with Crippen LogP contribution in [0.4, 0.5) is 5.69 Å². The third kappa shape index (κ3) is 7.22. The highest BCUT2D eigenvalue weighted by Gasteiger charge is 2.17. The van der Waals surface area contributed by atoms with Crippen LogP contribution in [0.1, 0.15) is 40.2 Å². The van der Waals surface area contributed by atoms with Crippen LogP contribution in [-0.2, 0) is 22.8 Å². The van der Waals surface area contributed by atoms with Gasteiger partial charge in [-0.3, -0.25) is 0 Å². The van der Waals surface area contributed by atoms with Crippen LogP contribution in [0.25, 0.3) is 10.9 Å². The first-order valence-electron chi connectivity index (χ1n) is 12.4. The number of carboxylic acids is 1. The van der Waals surface area contributed by atoms with Crippen molar-refractivity contribution in [3.05, 3.63) is 101 Å². The van der Waals surface area contributed by atoms with E-state index in [4.69, 9.17) is 0 Å². The third-order valence-corrected chi connectivity index (χ3v) is 7.05. The number of hydrogen-bond donors (Lipinski definition) is 4. The fourth-order valence-corrected chi connectivity index (χ4v) is 4.93. The van der Waals surface area contributed by atoms with Crippen molar-refractivity contribution in [2.75, 3.05) is 24.0 Å². The van der Waals surface area contributed by atoms with Crippen molar-refractivity contribution in [2.24, 2.45) is 0 Å². The lowest BCUT2D eigenvalue weighted by Gasteiger charge is -2.18. The molecule has 3 aromatic carbocycles. The number of hydrogen-bond acceptors (Lipinski definition) is 6. The summed E-state index contributed by atoms with van der Waals surface area (Å²) in [6.45, 7) is 2.82. The SMILES string of the molecule is CC(Cc1ccc2c(c1)cc(C(=O)O)n2Cc1cccc(NCS(C)(=O)=O)c1)NCC(O)c1ccccc1. The molecule has 2 unspecified atom stereocenters.